The van der Waals surface area contributed by atoms with Crippen molar-refractivity contribution in [3.63, 3.8) is 0 Å². The average molecular weight is 194 g/mol. The molecule has 0 spiro atoms. The monoisotopic (exact) mass is 194 g/mol. The quantitative estimate of drug-likeness (QED) is 0.402. The standard InChI is InChI=1S/C2AsF5/c4-1(5)3-2(6,7)8. The molecule has 0 nitrogen and oxygen atoms in total. The molecular formula is C2AsF5. The van der Waals surface area contributed by atoms with Gasteiger partial charge in [-0.2, -0.15) is 0 Å². The molecule has 0 fully saturated rings. The van der Waals surface area contributed by atoms with E-state index in [1.165, 1.54) is 0 Å². The molecule has 0 bridgehead atoms. The van der Waals surface area contributed by atoms with E-state index >= 15 is 0 Å². The molecule has 0 aromatic rings. The molecule has 0 saturated carbocycles. The topological polar surface area (TPSA) is 0 Å². The van der Waals surface area contributed by atoms with Crippen molar-refractivity contribution in [2.24, 2.45) is 0 Å². The van der Waals surface area contributed by atoms with Gasteiger partial charge in [0.2, 0.25) is 0 Å². The second-order valence-corrected chi connectivity index (χ2v) is 3.06. The van der Waals surface area contributed by atoms with Crippen LogP contribution in [0.15, 0.2) is 0 Å². The van der Waals surface area contributed by atoms with Gasteiger partial charge in [-0.15, -0.1) is 0 Å². The van der Waals surface area contributed by atoms with Crippen LogP contribution in [-0.4, -0.2) is 25.1 Å². The molecule has 0 aliphatic carbocycles. The molecule has 0 aliphatic rings. The van der Waals surface area contributed by atoms with E-state index in [4.69, 9.17) is 0 Å². The Morgan fingerprint density at radius 1 is 1.12 bits per heavy atom. The molecule has 8 heavy (non-hydrogen) atoms. The van der Waals surface area contributed by atoms with Crippen molar-refractivity contribution >= 4 is 20.1 Å². The Hall–Kier alpha value is 0.0784. The fraction of sp³-hybridized carbons (Fsp3) is 0.500. The van der Waals surface area contributed by atoms with Crippen LogP contribution in [0.5, 0.6) is 0 Å². The van der Waals surface area contributed by atoms with Gasteiger partial charge in [0, 0.05) is 0 Å². The van der Waals surface area contributed by atoms with E-state index < -0.39 is 25.1 Å². The Morgan fingerprint density at radius 3 is 1.50 bits per heavy atom. The minimum atomic E-state index is -4.67. The summed E-state index contributed by atoms with van der Waals surface area (Å²) < 4.78 is 54.1. The maximum atomic E-state index is 10.8. The summed E-state index contributed by atoms with van der Waals surface area (Å²) in [6.45, 7) is 0. The Labute approximate surface area is 47.9 Å². The van der Waals surface area contributed by atoms with E-state index in [9.17, 15) is 22.0 Å². The van der Waals surface area contributed by atoms with Crippen LogP contribution in [0.2, 0.25) is 0 Å². The molecule has 0 saturated heterocycles. The van der Waals surface area contributed by atoms with Gasteiger partial charge in [0.1, 0.15) is 0 Å². The van der Waals surface area contributed by atoms with Gasteiger partial charge >= 0.3 is 47.0 Å². The third kappa shape index (κ3) is 6.08. The first-order chi connectivity index (χ1) is 3.42. The SMILES string of the molecule is FC(F)=[As]C(F)(F)F. The Balaban J connectivity index is 3.89. The van der Waals surface area contributed by atoms with Crippen molar-refractivity contribution < 1.29 is 22.0 Å². The van der Waals surface area contributed by atoms with Crippen molar-refractivity contribution in [2.75, 3.05) is 0 Å². The molecule has 0 N–H and O–H groups in total. The van der Waals surface area contributed by atoms with Gasteiger partial charge < -0.3 is 0 Å². The van der Waals surface area contributed by atoms with E-state index in [1.54, 1.807) is 0 Å². The summed E-state index contributed by atoms with van der Waals surface area (Å²) in [6.07, 6.45) is 0. The van der Waals surface area contributed by atoms with Gasteiger partial charge in [0.05, 0.1) is 0 Å². The molecule has 6 heteroatoms. The van der Waals surface area contributed by atoms with Gasteiger partial charge in [-0.3, -0.25) is 0 Å². The fourth-order valence-electron chi connectivity index (χ4n) is 0.0958. The van der Waals surface area contributed by atoms with E-state index in [0.29, 0.717) is 0 Å². The maximum absolute atomic E-state index is 10.8. The van der Waals surface area contributed by atoms with Gasteiger partial charge in [-0.1, -0.05) is 0 Å². The zero-order chi connectivity index (χ0) is 6.78. The number of hydrogen-bond donors (Lipinski definition) is 0. The molecule has 0 aromatic heterocycles. The molecule has 0 aromatic carbocycles. The zero-order valence-electron chi connectivity index (χ0n) is 3.34. The second-order valence-electron chi connectivity index (χ2n) is 0.820. The Morgan fingerprint density at radius 2 is 1.50 bits per heavy atom. The average Bonchev–Trinajstić information content (AvgIpc) is 1.21. The van der Waals surface area contributed by atoms with Crippen LogP contribution in [0.1, 0.15) is 0 Å². The molecule has 0 aliphatic heterocycles. The van der Waals surface area contributed by atoms with Crippen molar-refractivity contribution in [3.05, 3.63) is 0 Å². The van der Waals surface area contributed by atoms with Gasteiger partial charge in [0.15, 0.2) is 0 Å². The summed E-state index contributed by atoms with van der Waals surface area (Å²) in [5, 5.41) is 0. The van der Waals surface area contributed by atoms with Crippen LogP contribution in [0.4, 0.5) is 22.0 Å². The molecule has 0 heterocycles. The number of halogens is 5. The third-order valence-corrected chi connectivity index (χ3v) is 1.10. The minimum absolute atomic E-state index is 2.51. The summed E-state index contributed by atoms with van der Waals surface area (Å²) in [5.41, 5.74) is 0. The van der Waals surface area contributed by atoms with Crippen molar-refractivity contribution in [2.45, 2.75) is 4.96 Å². The summed E-state index contributed by atoms with van der Waals surface area (Å²) in [7, 11) is 0. The summed E-state index contributed by atoms with van der Waals surface area (Å²) in [4.78, 5) is -7.18. The van der Waals surface area contributed by atoms with Crippen LogP contribution >= 0.6 is 0 Å². The van der Waals surface area contributed by atoms with E-state index in [2.05, 4.69) is 0 Å². The molecule has 48 valence electrons. The normalized spacial score (nSPS) is 12.1. The molecule has 0 atom stereocenters. The van der Waals surface area contributed by atoms with Crippen LogP contribution in [0, 0.1) is 0 Å². The number of hydrogen-bond acceptors (Lipinski definition) is 0. The van der Waals surface area contributed by atoms with Gasteiger partial charge in [-0.25, -0.2) is 0 Å². The molecule has 0 rings (SSSR count). The summed E-state index contributed by atoms with van der Waals surface area (Å²) >= 11 is -2.86. The summed E-state index contributed by atoms with van der Waals surface area (Å²) in [6, 6.07) is 0. The molecule has 0 radical (unpaired) electrons. The van der Waals surface area contributed by atoms with Crippen molar-refractivity contribution in [1.82, 2.24) is 0 Å². The first-order valence-corrected chi connectivity index (χ1v) is 3.27. The summed E-state index contributed by atoms with van der Waals surface area (Å²) in [5.74, 6) is 0. The second kappa shape index (κ2) is 2.57. The third-order valence-electron chi connectivity index (χ3n) is 0.211. The first kappa shape index (κ1) is 8.08. The fourth-order valence-corrected chi connectivity index (χ4v) is 0.498. The van der Waals surface area contributed by atoms with E-state index in [-0.39, 0.29) is 0 Å². The van der Waals surface area contributed by atoms with Crippen LogP contribution < -0.4 is 0 Å². The number of alkyl halides is 3. The van der Waals surface area contributed by atoms with E-state index in [1.807, 2.05) is 0 Å². The molecule has 0 amide bonds. The van der Waals surface area contributed by atoms with Gasteiger partial charge in [-0.05, 0) is 0 Å². The zero-order valence-corrected chi connectivity index (χ0v) is 5.21. The van der Waals surface area contributed by atoms with Gasteiger partial charge in [0.25, 0.3) is 0 Å². The van der Waals surface area contributed by atoms with Crippen LogP contribution in [0.25, 0.3) is 0 Å². The Bertz CT molecular complexity index is 97.5. The van der Waals surface area contributed by atoms with Crippen LogP contribution in [-0.2, 0) is 0 Å². The molecule has 0 unspecified atom stereocenters. The first-order valence-electron chi connectivity index (χ1n) is 1.39. The van der Waals surface area contributed by atoms with E-state index in [0.717, 1.165) is 0 Å². The number of rotatable bonds is 0. The van der Waals surface area contributed by atoms with Crippen molar-refractivity contribution in [1.29, 1.82) is 0 Å². The molecular weight excluding hydrogens is 194 g/mol. The predicted octanol–water partition coefficient (Wildman–Crippen LogP) is 1.24. The predicted molar refractivity (Wildman–Crippen MR) is 19.0 cm³/mol. The van der Waals surface area contributed by atoms with Crippen molar-refractivity contribution in [3.8, 4) is 0 Å². The Kier molecular flexibility index (Phi) is 2.60. The van der Waals surface area contributed by atoms with Crippen LogP contribution in [0.3, 0.4) is 0 Å².